The van der Waals surface area contributed by atoms with Crippen LogP contribution in [-0.4, -0.2) is 24.4 Å². The first-order valence-corrected chi connectivity index (χ1v) is 12.7. The van der Waals surface area contributed by atoms with E-state index in [0.717, 1.165) is 17.5 Å². The van der Waals surface area contributed by atoms with Crippen LogP contribution in [-0.2, 0) is 16.0 Å². The fraction of sp³-hybridized carbons (Fsp3) is 0.517. The highest BCUT2D eigenvalue weighted by molar-refractivity contribution is 5.82. The molecule has 1 unspecified atom stereocenters. The molecule has 5 heteroatoms. The molecule has 34 heavy (non-hydrogen) atoms. The lowest BCUT2D eigenvalue weighted by molar-refractivity contribution is -0.131. The minimum absolute atomic E-state index is 0.00575. The third-order valence-corrected chi connectivity index (χ3v) is 7.29. The molecular weight excluding hydrogens is 422 g/mol. The van der Waals surface area contributed by atoms with Gasteiger partial charge in [0.25, 0.3) is 0 Å². The van der Waals surface area contributed by atoms with E-state index in [1.807, 2.05) is 60.7 Å². The van der Waals surface area contributed by atoms with Crippen molar-refractivity contribution in [3.8, 4) is 0 Å². The maximum absolute atomic E-state index is 13.4. The van der Waals surface area contributed by atoms with Crippen LogP contribution in [0.25, 0.3) is 0 Å². The van der Waals surface area contributed by atoms with Gasteiger partial charge in [0, 0.05) is 12.5 Å². The Morgan fingerprint density at radius 1 is 0.971 bits per heavy atom. The van der Waals surface area contributed by atoms with Crippen LogP contribution in [0.5, 0.6) is 0 Å². The molecule has 1 aliphatic rings. The standard InChI is InChI=1S/C29H41N3O2/c1-19(2)27-21(4)15-20(3)16-24(27)28(33)31-18-26(23-13-9-6-10-14-23)32-29(34)25(30)17-22-11-7-5-8-12-22/h5-14,19-21,24-27H,15-18,30H2,1-4H3,(H,31,33)(H,32,34)/t20-,21?,24-,25+,26-,27-/m1/s1. The molecule has 0 bridgehead atoms. The maximum Gasteiger partial charge on any atom is 0.237 e. The minimum atomic E-state index is -0.658. The van der Waals surface area contributed by atoms with Crippen LogP contribution in [0.2, 0.25) is 0 Å². The van der Waals surface area contributed by atoms with Crippen molar-refractivity contribution in [2.45, 2.75) is 59.0 Å². The van der Waals surface area contributed by atoms with E-state index in [1.54, 1.807) is 0 Å². The monoisotopic (exact) mass is 463 g/mol. The van der Waals surface area contributed by atoms with E-state index in [0.29, 0.717) is 36.6 Å². The van der Waals surface area contributed by atoms with Gasteiger partial charge >= 0.3 is 0 Å². The summed E-state index contributed by atoms with van der Waals surface area (Å²) in [7, 11) is 0. The molecule has 0 saturated heterocycles. The van der Waals surface area contributed by atoms with Gasteiger partial charge in [-0.25, -0.2) is 0 Å². The molecule has 5 nitrogen and oxygen atoms in total. The second-order valence-corrected chi connectivity index (χ2v) is 10.5. The van der Waals surface area contributed by atoms with E-state index >= 15 is 0 Å². The Balaban J connectivity index is 1.68. The third-order valence-electron chi connectivity index (χ3n) is 7.29. The molecular formula is C29H41N3O2. The van der Waals surface area contributed by atoms with Crippen LogP contribution < -0.4 is 16.4 Å². The average molecular weight is 464 g/mol. The van der Waals surface area contributed by atoms with Crippen molar-refractivity contribution in [3.63, 3.8) is 0 Å². The molecule has 0 heterocycles. The summed E-state index contributed by atoms with van der Waals surface area (Å²) < 4.78 is 0. The summed E-state index contributed by atoms with van der Waals surface area (Å²) in [5.41, 5.74) is 8.21. The van der Waals surface area contributed by atoms with Crippen molar-refractivity contribution < 1.29 is 9.59 Å². The number of amides is 2. The first-order chi connectivity index (χ1) is 16.3. The van der Waals surface area contributed by atoms with Gasteiger partial charge in [-0.2, -0.15) is 0 Å². The summed E-state index contributed by atoms with van der Waals surface area (Å²) >= 11 is 0. The third kappa shape index (κ3) is 6.92. The van der Waals surface area contributed by atoms with Crippen LogP contribution in [0.3, 0.4) is 0 Å². The van der Waals surface area contributed by atoms with Gasteiger partial charge in [0.15, 0.2) is 0 Å². The zero-order valence-corrected chi connectivity index (χ0v) is 21.0. The molecule has 4 N–H and O–H groups in total. The summed E-state index contributed by atoms with van der Waals surface area (Å²) in [6.45, 7) is 9.31. The first kappa shape index (κ1) is 26.0. The van der Waals surface area contributed by atoms with Gasteiger partial charge in [0.05, 0.1) is 12.1 Å². The summed E-state index contributed by atoms with van der Waals surface area (Å²) in [6.07, 6.45) is 2.56. The Bertz CT molecular complexity index is 915. The van der Waals surface area contributed by atoms with Gasteiger partial charge in [-0.05, 0) is 54.1 Å². The molecule has 1 aliphatic carbocycles. The normalized spacial score (nSPS) is 24.3. The Kier molecular flexibility index (Phi) is 9.28. The van der Waals surface area contributed by atoms with E-state index in [2.05, 4.69) is 38.3 Å². The smallest absolute Gasteiger partial charge is 0.237 e. The Labute approximate surface area is 204 Å². The quantitative estimate of drug-likeness (QED) is 0.512. The lowest BCUT2D eigenvalue weighted by Gasteiger charge is -2.41. The van der Waals surface area contributed by atoms with Crippen LogP contribution in [0.15, 0.2) is 60.7 Å². The van der Waals surface area contributed by atoms with Crippen LogP contribution in [0.1, 0.15) is 57.7 Å². The van der Waals surface area contributed by atoms with Crippen molar-refractivity contribution in [1.29, 1.82) is 0 Å². The van der Waals surface area contributed by atoms with Gasteiger partial charge in [-0.15, -0.1) is 0 Å². The van der Waals surface area contributed by atoms with Crippen molar-refractivity contribution >= 4 is 11.8 Å². The highest BCUT2D eigenvalue weighted by Gasteiger charge is 2.39. The average Bonchev–Trinajstić information content (AvgIpc) is 2.81. The fourth-order valence-electron chi connectivity index (χ4n) is 5.79. The summed E-state index contributed by atoms with van der Waals surface area (Å²) in [5, 5.41) is 6.26. The molecule has 0 aromatic heterocycles. The largest absolute Gasteiger partial charge is 0.353 e. The summed E-state index contributed by atoms with van der Waals surface area (Å²) in [4.78, 5) is 26.3. The lowest BCUT2D eigenvalue weighted by atomic mass is 9.64. The van der Waals surface area contributed by atoms with E-state index in [4.69, 9.17) is 5.73 Å². The van der Waals surface area contributed by atoms with Gasteiger partial charge in [0.1, 0.15) is 0 Å². The van der Waals surface area contributed by atoms with Gasteiger partial charge < -0.3 is 16.4 Å². The second-order valence-electron chi connectivity index (χ2n) is 10.5. The van der Waals surface area contributed by atoms with Gasteiger partial charge in [-0.1, -0.05) is 88.4 Å². The number of benzene rings is 2. The van der Waals surface area contributed by atoms with Crippen molar-refractivity contribution in [1.82, 2.24) is 10.6 Å². The number of carbonyl (C=O) groups is 2. The predicted molar refractivity (Wildman–Crippen MR) is 138 cm³/mol. The first-order valence-electron chi connectivity index (χ1n) is 12.7. The molecule has 2 amide bonds. The summed E-state index contributed by atoms with van der Waals surface area (Å²) in [5.74, 6) is 1.79. The van der Waals surface area contributed by atoms with Gasteiger partial charge in [-0.3, -0.25) is 9.59 Å². The summed E-state index contributed by atoms with van der Waals surface area (Å²) in [6, 6.07) is 18.6. The molecule has 2 aromatic carbocycles. The lowest BCUT2D eigenvalue weighted by Crippen LogP contribution is -2.48. The molecule has 0 aliphatic heterocycles. The Morgan fingerprint density at radius 3 is 2.21 bits per heavy atom. The molecule has 3 rings (SSSR count). The number of rotatable bonds is 9. The molecule has 0 spiro atoms. The Morgan fingerprint density at radius 2 is 1.59 bits per heavy atom. The topological polar surface area (TPSA) is 84.2 Å². The molecule has 0 radical (unpaired) electrons. The highest BCUT2D eigenvalue weighted by atomic mass is 16.2. The predicted octanol–water partition coefficient (Wildman–Crippen LogP) is 4.48. The fourth-order valence-corrected chi connectivity index (χ4v) is 5.79. The number of hydrogen-bond acceptors (Lipinski definition) is 3. The van der Waals surface area contributed by atoms with Crippen LogP contribution in [0.4, 0.5) is 0 Å². The molecule has 2 aromatic rings. The van der Waals surface area contributed by atoms with E-state index in [9.17, 15) is 9.59 Å². The van der Waals surface area contributed by atoms with Crippen molar-refractivity contribution in [2.24, 2.45) is 35.3 Å². The Hall–Kier alpha value is -2.66. The zero-order chi connectivity index (χ0) is 24.7. The van der Waals surface area contributed by atoms with Gasteiger partial charge in [0.2, 0.25) is 11.8 Å². The maximum atomic E-state index is 13.4. The van der Waals surface area contributed by atoms with Crippen molar-refractivity contribution in [3.05, 3.63) is 71.8 Å². The second kappa shape index (κ2) is 12.2. The van der Waals surface area contributed by atoms with Crippen LogP contribution >= 0.6 is 0 Å². The molecule has 184 valence electrons. The number of nitrogens with one attached hydrogen (secondary N) is 2. The highest BCUT2D eigenvalue weighted by Crippen LogP contribution is 2.42. The van der Waals surface area contributed by atoms with E-state index in [1.165, 1.54) is 6.42 Å². The minimum Gasteiger partial charge on any atom is -0.353 e. The molecule has 1 saturated carbocycles. The molecule has 6 atom stereocenters. The SMILES string of the molecule is CC(C)[C@@H]1C(C)C[C@@H](C)C[C@H]1C(=O)NC[C@@H](NC(=O)[C@@H](N)Cc1ccccc1)c1ccccc1. The van der Waals surface area contributed by atoms with E-state index in [-0.39, 0.29) is 23.8 Å². The molecule has 1 fully saturated rings. The van der Waals surface area contributed by atoms with E-state index < -0.39 is 6.04 Å². The number of nitrogens with two attached hydrogens (primary N) is 1. The number of hydrogen-bond donors (Lipinski definition) is 3. The van der Waals surface area contributed by atoms with Crippen LogP contribution in [0, 0.1) is 29.6 Å². The van der Waals surface area contributed by atoms with Crippen molar-refractivity contribution in [2.75, 3.05) is 6.54 Å². The number of carbonyl (C=O) groups excluding carboxylic acids is 2. The zero-order valence-electron chi connectivity index (χ0n) is 21.0.